The highest BCUT2D eigenvalue weighted by atomic mass is 16.1. The summed E-state index contributed by atoms with van der Waals surface area (Å²) < 4.78 is 1.99. The van der Waals surface area contributed by atoms with Gasteiger partial charge >= 0.3 is 0 Å². The molecular formula is C17H22N2O. The monoisotopic (exact) mass is 270 g/mol. The molecule has 2 aromatic rings. The van der Waals surface area contributed by atoms with E-state index in [1.54, 1.807) is 0 Å². The molecule has 0 aliphatic heterocycles. The van der Waals surface area contributed by atoms with Crippen LogP contribution < -0.4 is 0 Å². The Balaban J connectivity index is 1.95. The third-order valence-corrected chi connectivity index (χ3v) is 3.60. The molecule has 0 saturated heterocycles. The van der Waals surface area contributed by atoms with Crippen molar-refractivity contribution in [3.05, 3.63) is 53.9 Å². The standard InChI is InChI=1S/C17H22N2O/c1-3-16(4-2)19-11-10-15(18-19)13-17(20)12-14-8-6-5-7-9-14/h5-11,16H,3-4,12-13H2,1-2H3. The average Bonchev–Trinajstić information content (AvgIpc) is 2.89. The minimum absolute atomic E-state index is 0.214. The molecule has 0 atom stereocenters. The van der Waals surface area contributed by atoms with Gasteiger partial charge in [-0.15, -0.1) is 0 Å². The van der Waals surface area contributed by atoms with Gasteiger partial charge in [-0.3, -0.25) is 9.48 Å². The third kappa shape index (κ3) is 3.80. The molecule has 1 aromatic carbocycles. The molecule has 0 bridgehead atoms. The molecule has 0 radical (unpaired) electrons. The van der Waals surface area contributed by atoms with Crippen LogP contribution in [0.2, 0.25) is 0 Å². The molecule has 0 fully saturated rings. The summed E-state index contributed by atoms with van der Waals surface area (Å²) in [6.07, 6.45) is 5.02. The van der Waals surface area contributed by atoms with Gasteiger partial charge in [0.15, 0.2) is 0 Å². The Labute approximate surface area is 120 Å². The summed E-state index contributed by atoms with van der Waals surface area (Å²) >= 11 is 0. The Morgan fingerprint density at radius 2 is 1.80 bits per heavy atom. The van der Waals surface area contributed by atoms with Gasteiger partial charge in [-0.05, 0) is 24.5 Å². The van der Waals surface area contributed by atoms with Crippen molar-refractivity contribution in [2.45, 2.75) is 45.6 Å². The van der Waals surface area contributed by atoms with Crippen LogP contribution in [0.15, 0.2) is 42.6 Å². The summed E-state index contributed by atoms with van der Waals surface area (Å²) in [5, 5.41) is 4.53. The Morgan fingerprint density at radius 1 is 1.10 bits per heavy atom. The minimum Gasteiger partial charge on any atom is -0.299 e. The van der Waals surface area contributed by atoms with Crippen molar-refractivity contribution in [1.29, 1.82) is 0 Å². The summed E-state index contributed by atoms with van der Waals surface area (Å²) in [7, 11) is 0. The molecule has 20 heavy (non-hydrogen) atoms. The van der Waals surface area contributed by atoms with Crippen LogP contribution in [0.25, 0.3) is 0 Å². The van der Waals surface area contributed by atoms with Crippen LogP contribution in [-0.4, -0.2) is 15.6 Å². The van der Waals surface area contributed by atoms with Gasteiger partial charge in [-0.1, -0.05) is 44.2 Å². The number of rotatable bonds is 7. The number of carbonyl (C=O) groups is 1. The molecule has 0 N–H and O–H groups in total. The van der Waals surface area contributed by atoms with Gasteiger partial charge in [-0.25, -0.2) is 0 Å². The summed E-state index contributed by atoms with van der Waals surface area (Å²) in [5.74, 6) is 0.214. The topological polar surface area (TPSA) is 34.9 Å². The second kappa shape index (κ2) is 7.04. The fraction of sp³-hybridized carbons (Fsp3) is 0.412. The molecule has 0 saturated carbocycles. The van der Waals surface area contributed by atoms with Gasteiger partial charge in [0, 0.05) is 12.6 Å². The lowest BCUT2D eigenvalue weighted by molar-refractivity contribution is -0.117. The maximum atomic E-state index is 12.1. The highest BCUT2D eigenvalue weighted by molar-refractivity contribution is 5.82. The zero-order chi connectivity index (χ0) is 14.4. The quantitative estimate of drug-likeness (QED) is 0.770. The average molecular weight is 270 g/mol. The molecule has 0 unspecified atom stereocenters. The maximum Gasteiger partial charge on any atom is 0.143 e. The lowest BCUT2D eigenvalue weighted by Crippen LogP contribution is -2.10. The lowest BCUT2D eigenvalue weighted by atomic mass is 10.1. The Hall–Kier alpha value is -1.90. The predicted octanol–water partition coefficient (Wildman–Crippen LogP) is 3.60. The molecule has 2 rings (SSSR count). The van der Waals surface area contributed by atoms with Crippen LogP contribution in [0.1, 0.15) is 44.0 Å². The minimum atomic E-state index is 0.214. The van der Waals surface area contributed by atoms with Crippen LogP contribution in [0, 0.1) is 0 Å². The molecule has 0 aliphatic carbocycles. The van der Waals surface area contributed by atoms with E-state index in [4.69, 9.17) is 0 Å². The van der Waals surface area contributed by atoms with Crippen molar-refractivity contribution in [3.8, 4) is 0 Å². The van der Waals surface area contributed by atoms with E-state index >= 15 is 0 Å². The van der Waals surface area contributed by atoms with E-state index < -0.39 is 0 Å². The molecule has 0 spiro atoms. The molecule has 106 valence electrons. The van der Waals surface area contributed by atoms with Crippen LogP contribution in [0.4, 0.5) is 0 Å². The van der Waals surface area contributed by atoms with E-state index in [0.29, 0.717) is 18.9 Å². The molecule has 3 heteroatoms. The zero-order valence-corrected chi connectivity index (χ0v) is 12.2. The summed E-state index contributed by atoms with van der Waals surface area (Å²) in [5.41, 5.74) is 1.94. The van der Waals surface area contributed by atoms with Crippen molar-refractivity contribution in [2.24, 2.45) is 0 Å². The van der Waals surface area contributed by atoms with E-state index in [2.05, 4.69) is 18.9 Å². The van der Waals surface area contributed by atoms with E-state index in [1.165, 1.54) is 0 Å². The third-order valence-electron chi connectivity index (χ3n) is 3.60. The summed E-state index contributed by atoms with van der Waals surface area (Å²) in [4.78, 5) is 12.1. The van der Waals surface area contributed by atoms with E-state index in [0.717, 1.165) is 24.1 Å². The summed E-state index contributed by atoms with van der Waals surface area (Å²) in [6.45, 7) is 4.33. The van der Waals surface area contributed by atoms with Gasteiger partial charge in [-0.2, -0.15) is 5.10 Å². The highest BCUT2D eigenvalue weighted by Crippen LogP contribution is 2.15. The van der Waals surface area contributed by atoms with Gasteiger partial charge in [0.05, 0.1) is 18.2 Å². The number of nitrogens with zero attached hydrogens (tertiary/aromatic N) is 2. The largest absolute Gasteiger partial charge is 0.299 e. The van der Waals surface area contributed by atoms with Crippen molar-refractivity contribution >= 4 is 5.78 Å². The van der Waals surface area contributed by atoms with Gasteiger partial charge in [0.25, 0.3) is 0 Å². The summed E-state index contributed by atoms with van der Waals surface area (Å²) in [6, 6.07) is 12.3. The Morgan fingerprint density at radius 3 is 2.45 bits per heavy atom. The Kier molecular flexibility index (Phi) is 5.10. The van der Waals surface area contributed by atoms with Crippen molar-refractivity contribution in [2.75, 3.05) is 0 Å². The first-order valence-corrected chi connectivity index (χ1v) is 7.32. The molecule has 3 nitrogen and oxygen atoms in total. The van der Waals surface area contributed by atoms with Crippen molar-refractivity contribution in [3.63, 3.8) is 0 Å². The molecule has 1 aromatic heterocycles. The number of benzene rings is 1. The van der Waals surface area contributed by atoms with Gasteiger partial charge in [0.1, 0.15) is 5.78 Å². The first kappa shape index (κ1) is 14.5. The van der Waals surface area contributed by atoms with Crippen molar-refractivity contribution < 1.29 is 4.79 Å². The molecule has 1 heterocycles. The van der Waals surface area contributed by atoms with Crippen LogP contribution in [0.3, 0.4) is 0 Å². The number of carbonyl (C=O) groups excluding carboxylic acids is 1. The van der Waals surface area contributed by atoms with Gasteiger partial charge in [0.2, 0.25) is 0 Å². The van der Waals surface area contributed by atoms with Crippen LogP contribution in [0.5, 0.6) is 0 Å². The Bertz CT molecular complexity index is 541. The lowest BCUT2D eigenvalue weighted by Gasteiger charge is -2.12. The number of hydrogen-bond donors (Lipinski definition) is 0. The predicted molar refractivity (Wildman–Crippen MR) is 80.7 cm³/mol. The van der Waals surface area contributed by atoms with Gasteiger partial charge < -0.3 is 0 Å². The fourth-order valence-electron chi connectivity index (χ4n) is 2.43. The SMILES string of the molecule is CCC(CC)n1ccc(CC(=O)Cc2ccccc2)n1. The first-order valence-electron chi connectivity index (χ1n) is 7.32. The number of Topliss-reactive ketones (excluding diaryl/α,β-unsaturated/α-hetero) is 1. The normalized spacial score (nSPS) is 10.9. The van der Waals surface area contributed by atoms with Crippen LogP contribution >= 0.6 is 0 Å². The van der Waals surface area contributed by atoms with E-state index in [-0.39, 0.29) is 5.78 Å². The maximum absolute atomic E-state index is 12.1. The fourth-order valence-corrected chi connectivity index (χ4v) is 2.43. The second-order valence-corrected chi connectivity index (χ2v) is 5.14. The molecule has 0 aliphatic rings. The first-order chi connectivity index (χ1) is 9.72. The van der Waals surface area contributed by atoms with E-state index in [9.17, 15) is 4.79 Å². The zero-order valence-electron chi connectivity index (χ0n) is 12.2. The number of hydrogen-bond acceptors (Lipinski definition) is 2. The smallest absolute Gasteiger partial charge is 0.143 e. The molecular weight excluding hydrogens is 248 g/mol. The van der Waals surface area contributed by atoms with E-state index in [1.807, 2.05) is 47.3 Å². The van der Waals surface area contributed by atoms with Crippen molar-refractivity contribution in [1.82, 2.24) is 9.78 Å². The number of ketones is 1. The van der Waals surface area contributed by atoms with Crippen LogP contribution in [-0.2, 0) is 17.6 Å². The molecule has 0 amide bonds. The highest BCUT2D eigenvalue weighted by Gasteiger charge is 2.11. The number of aromatic nitrogens is 2. The second-order valence-electron chi connectivity index (χ2n) is 5.14.